The predicted molar refractivity (Wildman–Crippen MR) is 110 cm³/mol. The lowest BCUT2D eigenvalue weighted by atomic mass is 9.95. The normalized spacial score (nSPS) is 11.2. The molecule has 0 amide bonds. The topological polar surface area (TPSA) is 6.48 Å². The van der Waals surface area contributed by atoms with Crippen molar-refractivity contribution in [1.82, 2.24) is 0 Å². The highest BCUT2D eigenvalue weighted by Crippen LogP contribution is 2.40. The number of thiol groups is 1. The van der Waals surface area contributed by atoms with E-state index in [4.69, 9.17) is 0 Å². The minimum absolute atomic E-state index is 1.08. The first-order chi connectivity index (χ1) is 11.6. The summed E-state index contributed by atoms with van der Waals surface area (Å²) in [6, 6.07) is 21.5. The van der Waals surface area contributed by atoms with Gasteiger partial charge in [0.25, 0.3) is 33.0 Å². The van der Waals surface area contributed by atoms with Gasteiger partial charge in [-0.25, -0.2) is 0 Å². The lowest BCUT2D eigenvalue weighted by Gasteiger charge is -2.24. The number of fused-ring (bicyclic) bond motifs is 5. The molecule has 0 N–H and O–H groups in total. The fourth-order valence-corrected chi connectivity index (χ4v) is 4.12. The summed E-state index contributed by atoms with van der Waals surface area (Å²) in [5, 5.41) is 7.38. The van der Waals surface area contributed by atoms with Crippen LogP contribution in [0.4, 0.5) is 11.4 Å². The summed E-state index contributed by atoms with van der Waals surface area (Å²) in [6.45, 7) is 0. The van der Waals surface area contributed by atoms with Gasteiger partial charge in [0, 0.05) is 16.5 Å². The van der Waals surface area contributed by atoms with Gasteiger partial charge in [-0.05, 0) is 39.4 Å². The van der Waals surface area contributed by atoms with Gasteiger partial charge in [0.1, 0.15) is 0 Å². The Labute approximate surface area is 171 Å². The summed E-state index contributed by atoms with van der Waals surface area (Å²) in [4.78, 5) is 0. The van der Waals surface area contributed by atoms with Crippen LogP contribution in [0, 0.1) is 0 Å². The molecule has 0 atom stereocenters. The van der Waals surface area contributed by atoms with E-state index < -0.39 is 0 Å². The lowest BCUT2D eigenvalue weighted by molar-refractivity contribution is 1.64. The number of nitrogens with zero attached hydrogens (tertiary/aromatic N) is 2. The van der Waals surface area contributed by atoms with Gasteiger partial charge in [-0.1, -0.05) is 61.3 Å². The molecule has 6 radical (unpaired) electrons. The van der Waals surface area contributed by atoms with Gasteiger partial charge in [-0.15, -0.1) is 0 Å². The van der Waals surface area contributed by atoms with E-state index in [1.165, 1.54) is 38.0 Å². The average Bonchev–Trinajstić information content (AvgIpc) is 2.59. The molecule has 108 valence electrons. The van der Waals surface area contributed by atoms with E-state index in [-0.39, 0.29) is 0 Å². The molecule has 0 bridgehead atoms. The average molecular weight is 368 g/mol. The van der Waals surface area contributed by atoms with Crippen molar-refractivity contribution in [3.63, 3.8) is 0 Å². The molecule has 0 fully saturated rings. The van der Waals surface area contributed by atoms with Gasteiger partial charge in [-0.2, -0.15) is 0 Å². The largest absolute Gasteiger partial charge is 0.586 e. The van der Waals surface area contributed by atoms with Crippen LogP contribution in [0.5, 0.6) is 0 Å². The van der Waals surface area contributed by atoms with Crippen LogP contribution in [0.1, 0.15) is 0 Å². The minimum atomic E-state index is 1.08. The number of hydrogen-bond acceptors (Lipinski definition) is 3. The van der Waals surface area contributed by atoms with Gasteiger partial charge in [0.15, 0.2) is 0 Å². The third-order valence-corrected chi connectivity index (χ3v) is 5.41. The van der Waals surface area contributed by atoms with Crippen molar-refractivity contribution >= 4 is 106 Å². The zero-order valence-corrected chi connectivity index (χ0v) is 17.2. The van der Waals surface area contributed by atoms with Gasteiger partial charge < -0.3 is 6.16 Å². The third kappa shape index (κ3) is 2.65. The summed E-state index contributed by atoms with van der Waals surface area (Å²) >= 11 is 12.6. The fourth-order valence-electron chi connectivity index (χ4n) is 3.32. The molecule has 4 rings (SSSR count). The minimum Gasteiger partial charge on any atom is -0.586 e. The Hall–Kier alpha value is -0.793. The molecular formula is C18H11Al3N2S. The predicted octanol–water partition coefficient (Wildman–Crippen LogP) is 3.85. The van der Waals surface area contributed by atoms with Gasteiger partial charge in [-0.3, -0.25) is 0 Å². The Kier molecular flexibility index (Phi) is 4.51. The molecule has 4 aromatic rings. The first-order valence-corrected chi connectivity index (χ1v) is 9.43. The number of rotatable bonds is 2. The van der Waals surface area contributed by atoms with E-state index >= 15 is 0 Å². The zero-order valence-electron chi connectivity index (χ0n) is 12.8. The first-order valence-electron chi connectivity index (χ1n) is 7.48. The Morgan fingerprint density at radius 2 is 1.00 bits per heavy atom. The zero-order chi connectivity index (χ0) is 16.8. The standard InChI is InChI=1S/C18H11N2S.3Al/c19-17-9-15-12-6-2-4-8-14(12)18(20-21)10-16(15)11-5-1-3-7-13(11)17;;;/h1-10,21H;;;/q-1;;;+1. The molecule has 0 unspecified atom stereocenters. The van der Waals surface area contributed by atoms with Gasteiger partial charge >= 0.3 is 16.5 Å². The lowest BCUT2D eigenvalue weighted by Crippen LogP contribution is -2.14. The molecule has 0 aliphatic rings. The van der Waals surface area contributed by atoms with E-state index in [1.54, 1.807) is 0 Å². The van der Waals surface area contributed by atoms with Gasteiger partial charge in [0.2, 0.25) is 0 Å². The SMILES string of the molecule is [Al][N]([Al])c1cc2c3ccccc3c([N]([Al])S)cc2c2ccccc12. The smallest absolute Gasteiger partial charge is 0.330 e. The number of hydrogen-bond donors (Lipinski definition) is 1. The Morgan fingerprint density at radius 3 is 1.46 bits per heavy atom. The van der Waals surface area contributed by atoms with Crippen molar-refractivity contribution in [2.24, 2.45) is 0 Å². The quantitative estimate of drug-likeness (QED) is 0.326. The van der Waals surface area contributed by atoms with Crippen LogP contribution in [0.2, 0.25) is 0 Å². The van der Waals surface area contributed by atoms with E-state index in [0.29, 0.717) is 0 Å². The maximum atomic E-state index is 4.52. The molecule has 6 heteroatoms. The highest BCUT2D eigenvalue weighted by Gasteiger charge is 2.12. The monoisotopic (exact) mass is 368 g/mol. The molecular weight excluding hydrogens is 357 g/mol. The number of benzene rings is 4. The van der Waals surface area contributed by atoms with Crippen molar-refractivity contribution in [2.75, 3.05) is 6.16 Å². The second-order valence-electron chi connectivity index (χ2n) is 5.73. The molecule has 4 aromatic carbocycles. The molecule has 0 saturated carbocycles. The van der Waals surface area contributed by atoms with Crippen molar-refractivity contribution in [2.45, 2.75) is 0 Å². The molecule has 0 saturated heterocycles. The fraction of sp³-hybridized carbons (Fsp3) is 0. The van der Waals surface area contributed by atoms with Crippen LogP contribution in [-0.2, 0) is 0 Å². The van der Waals surface area contributed by atoms with Crippen LogP contribution in [0.15, 0.2) is 60.7 Å². The summed E-state index contributed by atoms with van der Waals surface area (Å²) < 4.78 is 3.83. The molecule has 0 aromatic heterocycles. The van der Waals surface area contributed by atoms with Crippen LogP contribution >= 0.6 is 12.8 Å². The summed E-state index contributed by atoms with van der Waals surface area (Å²) in [6.07, 6.45) is 0. The Bertz CT molecular complexity index is 993. The third-order valence-electron chi connectivity index (χ3n) is 4.36. The maximum Gasteiger partial charge on any atom is 0.330 e. The Balaban J connectivity index is 2.30. The van der Waals surface area contributed by atoms with Gasteiger partial charge in [0.05, 0.1) is 0 Å². The summed E-state index contributed by atoms with van der Waals surface area (Å²) in [5.41, 5.74) is 2.25. The summed E-state index contributed by atoms with van der Waals surface area (Å²) in [5.74, 6) is 0. The van der Waals surface area contributed by atoms with Crippen LogP contribution in [-0.4, -0.2) is 49.5 Å². The summed E-state index contributed by atoms with van der Waals surface area (Å²) in [7, 11) is 0. The molecule has 24 heavy (non-hydrogen) atoms. The van der Waals surface area contributed by atoms with E-state index in [1.807, 2.05) is 6.16 Å². The van der Waals surface area contributed by atoms with Crippen LogP contribution in [0.3, 0.4) is 0 Å². The first kappa shape index (κ1) is 16.7. The Morgan fingerprint density at radius 1 is 0.583 bits per heavy atom. The molecule has 2 nitrogen and oxygen atoms in total. The van der Waals surface area contributed by atoms with Crippen LogP contribution < -0.4 is 6.16 Å². The highest BCUT2D eigenvalue weighted by atomic mass is 32.1. The molecule has 0 spiro atoms. The van der Waals surface area contributed by atoms with Crippen molar-refractivity contribution in [3.05, 3.63) is 60.7 Å². The van der Waals surface area contributed by atoms with Crippen molar-refractivity contribution in [1.29, 1.82) is 0 Å². The van der Waals surface area contributed by atoms with E-state index in [0.717, 1.165) is 5.69 Å². The molecule has 0 aliphatic carbocycles. The van der Waals surface area contributed by atoms with E-state index in [9.17, 15) is 0 Å². The van der Waals surface area contributed by atoms with Crippen molar-refractivity contribution in [3.8, 4) is 0 Å². The maximum absolute atomic E-state index is 4.52. The second-order valence-corrected chi connectivity index (χ2v) is 8.82. The van der Waals surface area contributed by atoms with E-state index in [2.05, 4.69) is 123 Å². The second kappa shape index (κ2) is 6.50. The molecule has 0 aliphatic heterocycles. The van der Waals surface area contributed by atoms with Crippen molar-refractivity contribution < 1.29 is 0 Å². The van der Waals surface area contributed by atoms with Crippen LogP contribution in [0.25, 0.3) is 32.3 Å². The molecule has 0 heterocycles. The highest BCUT2D eigenvalue weighted by molar-refractivity contribution is 7.83. The number of anilines is 2.